The Morgan fingerprint density at radius 2 is 1.94 bits per heavy atom. The van der Waals surface area contributed by atoms with E-state index in [-0.39, 0.29) is 17.3 Å². The number of nitrogens with one attached hydrogen (secondary N) is 1. The number of hydrogen-bond donors (Lipinski definition) is 1. The van der Waals surface area contributed by atoms with Gasteiger partial charge in [-0.15, -0.1) is 5.10 Å². The number of carbonyl (C=O) groups excluding carboxylic acids is 2. The van der Waals surface area contributed by atoms with Crippen molar-refractivity contribution in [2.75, 3.05) is 25.5 Å². The molecule has 32 heavy (non-hydrogen) atoms. The fourth-order valence-corrected chi connectivity index (χ4v) is 5.09. The van der Waals surface area contributed by atoms with E-state index in [1.807, 2.05) is 6.92 Å². The van der Waals surface area contributed by atoms with Crippen LogP contribution in [0.5, 0.6) is 0 Å². The first kappa shape index (κ1) is 21.8. The molecule has 1 aliphatic heterocycles. The summed E-state index contributed by atoms with van der Waals surface area (Å²) in [4.78, 5) is 32.6. The van der Waals surface area contributed by atoms with Crippen LogP contribution in [0.1, 0.15) is 29.2 Å². The number of nitrogens with zero attached hydrogens (tertiary/aromatic N) is 5. The second kappa shape index (κ2) is 8.63. The molecule has 0 saturated carbocycles. The van der Waals surface area contributed by atoms with Gasteiger partial charge in [-0.25, -0.2) is 17.9 Å². The maximum Gasteiger partial charge on any atom is 0.309 e. The number of hydrogen-bond acceptors (Lipinski definition) is 8. The Hall–Kier alpha value is -3.38. The standard InChI is InChI=1S/C20H22N6O5S/c1-13-9-10-21-20-23-17(24-26(13)20)18(27)22-15-5-7-16(8-6-15)32(29,30)25-11-3-4-14(12-25)19(28)31-2/h5-10,14H,3-4,11-12H2,1-2H3,(H,22,27)/t14-/m1/s1. The van der Waals surface area contributed by atoms with E-state index in [2.05, 4.69) is 20.4 Å². The Balaban J connectivity index is 1.48. The molecule has 1 N–H and O–H groups in total. The average molecular weight is 459 g/mol. The normalized spacial score (nSPS) is 17.2. The van der Waals surface area contributed by atoms with Crippen LogP contribution < -0.4 is 5.32 Å². The van der Waals surface area contributed by atoms with Gasteiger partial charge < -0.3 is 10.1 Å². The Labute approximate surface area is 184 Å². The zero-order valence-electron chi connectivity index (χ0n) is 17.6. The number of fused-ring (bicyclic) bond motifs is 1. The molecule has 1 aliphatic rings. The van der Waals surface area contributed by atoms with Crippen molar-refractivity contribution in [2.24, 2.45) is 5.92 Å². The lowest BCUT2D eigenvalue weighted by atomic mass is 10.0. The van der Waals surface area contributed by atoms with Crippen LogP contribution in [0.25, 0.3) is 5.78 Å². The summed E-state index contributed by atoms with van der Waals surface area (Å²) in [6, 6.07) is 7.56. The van der Waals surface area contributed by atoms with Crippen LogP contribution in [-0.4, -0.2) is 64.4 Å². The number of carbonyl (C=O) groups is 2. The van der Waals surface area contributed by atoms with Crippen molar-refractivity contribution in [3.05, 3.63) is 48.0 Å². The molecule has 4 rings (SSSR count). The second-order valence-electron chi connectivity index (χ2n) is 7.44. The number of anilines is 1. The number of methoxy groups -OCH3 is 1. The number of piperidine rings is 1. The van der Waals surface area contributed by atoms with E-state index in [9.17, 15) is 18.0 Å². The predicted molar refractivity (Wildman–Crippen MR) is 113 cm³/mol. The molecule has 1 saturated heterocycles. The van der Waals surface area contributed by atoms with E-state index in [0.717, 1.165) is 5.69 Å². The molecule has 1 amide bonds. The Kier molecular flexibility index (Phi) is 5.89. The van der Waals surface area contributed by atoms with Gasteiger partial charge in [-0.3, -0.25) is 9.59 Å². The summed E-state index contributed by atoms with van der Waals surface area (Å²) in [5.74, 6) is -1.16. The van der Waals surface area contributed by atoms with Gasteiger partial charge in [-0.2, -0.15) is 9.29 Å². The van der Waals surface area contributed by atoms with E-state index >= 15 is 0 Å². The van der Waals surface area contributed by atoms with Gasteiger partial charge >= 0.3 is 5.97 Å². The molecule has 3 heterocycles. The SMILES string of the molecule is COC(=O)[C@@H]1CCCN(S(=O)(=O)c2ccc(NC(=O)c3nc4nccc(C)n4n3)cc2)C1. The summed E-state index contributed by atoms with van der Waals surface area (Å²) in [6.07, 6.45) is 2.75. The van der Waals surface area contributed by atoms with Gasteiger partial charge in [0.15, 0.2) is 0 Å². The predicted octanol–water partition coefficient (Wildman–Crippen LogP) is 1.26. The minimum atomic E-state index is -3.78. The smallest absolute Gasteiger partial charge is 0.309 e. The third kappa shape index (κ3) is 4.18. The fraction of sp³-hybridized carbons (Fsp3) is 0.350. The highest BCUT2D eigenvalue weighted by Crippen LogP contribution is 2.25. The summed E-state index contributed by atoms with van der Waals surface area (Å²) in [5, 5.41) is 6.80. The first-order chi connectivity index (χ1) is 15.3. The van der Waals surface area contributed by atoms with E-state index in [0.29, 0.717) is 30.9 Å². The molecule has 0 spiro atoms. The minimum absolute atomic E-state index is 0.0503. The van der Waals surface area contributed by atoms with Crippen LogP contribution in [0.4, 0.5) is 5.69 Å². The summed E-state index contributed by atoms with van der Waals surface area (Å²) >= 11 is 0. The monoisotopic (exact) mass is 458 g/mol. The zero-order valence-corrected chi connectivity index (χ0v) is 18.4. The van der Waals surface area contributed by atoms with Crippen LogP contribution in [-0.2, 0) is 19.6 Å². The van der Waals surface area contributed by atoms with Crippen molar-refractivity contribution < 1.29 is 22.7 Å². The van der Waals surface area contributed by atoms with Gasteiger partial charge in [0.2, 0.25) is 15.8 Å². The number of amides is 1. The summed E-state index contributed by atoms with van der Waals surface area (Å²) in [6.45, 7) is 2.24. The molecule has 11 nitrogen and oxygen atoms in total. The van der Waals surface area contributed by atoms with Crippen molar-refractivity contribution in [3.63, 3.8) is 0 Å². The molecular weight excluding hydrogens is 436 g/mol. The van der Waals surface area contributed by atoms with Crippen LogP contribution in [0.15, 0.2) is 41.4 Å². The molecule has 1 aromatic carbocycles. The van der Waals surface area contributed by atoms with Gasteiger partial charge in [0.25, 0.3) is 11.7 Å². The first-order valence-electron chi connectivity index (χ1n) is 9.97. The molecule has 3 aromatic rings. The molecule has 12 heteroatoms. The number of aromatic nitrogens is 4. The number of esters is 1. The molecule has 168 valence electrons. The summed E-state index contributed by atoms with van der Waals surface area (Å²) in [7, 11) is -2.49. The van der Waals surface area contributed by atoms with Crippen LogP contribution >= 0.6 is 0 Å². The van der Waals surface area contributed by atoms with E-state index in [1.165, 1.54) is 40.2 Å². The van der Waals surface area contributed by atoms with Crippen molar-refractivity contribution in [3.8, 4) is 0 Å². The van der Waals surface area contributed by atoms with E-state index in [4.69, 9.17) is 4.74 Å². The third-order valence-electron chi connectivity index (χ3n) is 5.30. The molecule has 1 atom stereocenters. The molecule has 0 aliphatic carbocycles. The van der Waals surface area contributed by atoms with Crippen molar-refractivity contribution >= 4 is 33.4 Å². The summed E-state index contributed by atoms with van der Waals surface area (Å²) < 4.78 is 33.5. The lowest BCUT2D eigenvalue weighted by molar-refractivity contribution is -0.146. The van der Waals surface area contributed by atoms with Crippen molar-refractivity contribution in [2.45, 2.75) is 24.7 Å². The number of aryl methyl sites for hydroxylation is 1. The second-order valence-corrected chi connectivity index (χ2v) is 9.38. The molecule has 0 bridgehead atoms. The molecule has 0 unspecified atom stereocenters. The number of ether oxygens (including phenoxy) is 1. The first-order valence-corrected chi connectivity index (χ1v) is 11.4. The van der Waals surface area contributed by atoms with Crippen molar-refractivity contribution in [1.29, 1.82) is 0 Å². The maximum atomic E-state index is 13.0. The maximum absolute atomic E-state index is 13.0. The lowest BCUT2D eigenvalue weighted by Crippen LogP contribution is -2.42. The molecular formula is C20H22N6O5S. The van der Waals surface area contributed by atoms with Crippen LogP contribution in [0, 0.1) is 12.8 Å². The molecule has 1 fully saturated rings. The van der Waals surface area contributed by atoms with Crippen LogP contribution in [0.3, 0.4) is 0 Å². The summed E-state index contributed by atoms with van der Waals surface area (Å²) in [5.41, 5.74) is 1.17. The minimum Gasteiger partial charge on any atom is -0.469 e. The average Bonchev–Trinajstić information content (AvgIpc) is 3.25. The third-order valence-corrected chi connectivity index (χ3v) is 7.18. The molecule has 0 radical (unpaired) electrons. The van der Waals surface area contributed by atoms with E-state index < -0.39 is 27.8 Å². The fourth-order valence-electron chi connectivity index (χ4n) is 3.57. The van der Waals surface area contributed by atoms with Crippen LogP contribution in [0.2, 0.25) is 0 Å². The quantitative estimate of drug-likeness (QED) is 0.565. The topological polar surface area (TPSA) is 136 Å². The highest BCUT2D eigenvalue weighted by atomic mass is 32.2. The van der Waals surface area contributed by atoms with Crippen molar-refractivity contribution in [1.82, 2.24) is 23.9 Å². The zero-order chi connectivity index (χ0) is 22.9. The Morgan fingerprint density at radius 1 is 1.19 bits per heavy atom. The highest BCUT2D eigenvalue weighted by Gasteiger charge is 2.33. The van der Waals surface area contributed by atoms with E-state index in [1.54, 1.807) is 12.3 Å². The van der Waals surface area contributed by atoms with Gasteiger partial charge in [0.1, 0.15) is 0 Å². The molecule has 2 aromatic heterocycles. The van der Waals surface area contributed by atoms with Gasteiger partial charge in [-0.1, -0.05) is 0 Å². The Bertz CT molecular complexity index is 1270. The number of benzene rings is 1. The highest BCUT2D eigenvalue weighted by molar-refractivity contribution is 7.89. The Morgan fingerprint density at radius 3 is 2.62 bits per heavy atom. The number of rotatable bonds is 5. The lowest BCUT2D eigenvalue weighted by Gasteiger charge is -2.30. The van der Waals surface area contributed by atoms with Gasteiger partial charge in [0.05, 0.1) is 17.9 Å². The largest absolute Gasteiger partial charge is 0.469 e. The van der Waals surface area contributed by atoms with Gasteiger partial charge in [-0.05, 0) is 50.1 Å². The van der Waals surface area contributed by atoms with Gasteiger partial charge in [0, 0.05) is 30.7 Å². The number of sulfonamides is 1.